The van der Waals surface area contributed by atoms with Gasteiger partial charge >= 0.3 is 5.69 Å². The fraction of sp³-hybridized carbons (Fsp3) is 0.0667. The maximum Gasteiger partial charge on any atom is 0.312 e. The van der Waals surface area contributed by atoms with Crippen molar-refractivity contribution in [1.82, 2.24) is 14.5 Å². The summed E-state index contributed by atoms with van der Waals surface area (Å²) in [7, 11) is 0. The summed E-state index contributed by atoms with van der Waals surface area (Å²) in [4.78, 5) is 18.8. The molecule has 0 spiro atoms. The monoisotopic (exact) mass is 329 g/mol. The Labute approximate surface area is 136 Å². The zero-order chi connectivity index (χ0) is 16.2. The second-order valence-corrected chi connectivity index (χ2v) is 5.12. The molecule has 0 aliphatic rings. The Kier molecular flexibility index (Phi) is 4.20. The molecule has 0 atom stereocenters. The zero-order valence-electron chi connectivity index (χ0n) is 11.9. The van der Waals surface area contributed by atoms with E-state index in [9.17, 15) is 10.1 Å². The van der Waals surface area contributed by atoms with Crippen molar-refractivity contribution in [2.45, 2.75) is 6.54 Å². The summed E-state index contributed by atoms with van der Waals surface area (Å²) in [5.41, 5.74) is 0.788. The molecule has 116 valence electrons. The van der Waals surface area contributed by atoms with E-state index in [2.05, 4.69) is 15.3 Å². The highest BCUT2D eigenvalue weighted by Crippen LogP contribution is 2.25. The lowest BCUT2D eigenvalue weighted by atomic mass is 10.3. The van der Waals surface area contributed by atoms with Gasteiger partial charge < -0.3 is 9.88 Å². The molecule has 0 amide bonds. The van der Waals surface area contributed by atoms with Crippen molar-refractivity contribution in [2.75, 3.05) is 5.32 Å². The minimum atomic E-state index is -0.523. The normalized spacial score (nSPS) is 10.5. The van der Waals surface area contributed by atoms with Crippen LogP contribution in [0.5, 0.6) is 0 Å². The Hall–Kier alpha value is -2.93. The van der Waals surface area contributed by atoms with Crippen LogP contribution in [0.15, 0.2) is 55.0 Å². The number of pyridine rings is 1. The smallest absolute Gasteiger partial charge is 0.312 e. The number of imidazole rings is 1. The van der Waals surface area contributed by atoms with Crippen molar-refractivity contribution >= 4 is 23.1 Å². The number of nitrogens with zero attached hydrogens (tertiary/aromatic N) is 4. The molecule has 2 heterocycles. The second-order valence-electron chi connectivity index (χ2n) is 4.68. The first kappa shape index (κ1) is 15.0. The molecule has 0 unspecified atom stereocenters. The summed E-state index contributed by atoms with van der Waals surface area (Å²) < 4.78 is 1.90. The molecular weight excluding hydrogens is 318 g/mol. The number of aromatic nitrogens is 3. The molecule has 3 rings (SSSR count). The Morgan fingerprint density at radius 2 is 2.04 bits per heavy atom. The SMILES string of the molecule is O=[N+]([O-])c1cc(Cl)cnc1NCc1nccn1-c1ccccc1. The zero-order valence-corrected chi connectivity index (χ0v) is 12.6. The van der Waals surface area contributed by atoms with Crippen LogP contribution in [0.25, 0.3) is 5.69 Å². The first-order valence-corrected chi connectivity index (χ1v) is 7.14. The molecule has 7 nitrogen and oxygen atoms in total. The number of hydrogen-bond donors (Lipinski definition) is 1. The number of hydrogen-bond acceptors (Lipinski definition) is 5. The van der Waals surface area contributed by atoms with Crippen LogP contribution in [0, 0.1) is 10.1 Å². The van der Waals surface area contributed by atoms with Crippen LogP contribution in [0.4, 0.5) is 11.5 Å². The van der Waals surface area contributed by atoms with Gasteiger partial charge in [-0.3, -0.25) is 10.1 Å². The Balaban J connectivity index is 1.83. The van der Waals surface area contributed by atoms with Crippen molar-refractivity contribution in [3.8, 4) is 5.69 Å². The van der Waals surface area contributed by atoms with E-state index in [0.29, 0.717) is 5.82 Å². The minimum absolute atomic E-state index is 0.155. The standard InChI is InChI=1S/C15H12ClN5O2/c16-11-8-13(21(22)23)15(18-9-11)19-10-14-17-6-7-20(14)12-4-2-1-3-5-12/h1-9H,10H2,(H,18,19). The number of nitrogens with one attached hydrogen (secondary N) is 1. The third kappa shape index (κ3) is 3.29. The van der Waals surface area contributed by atoms with Gasteiger partial charge in [-0.15, -0.1) is 0 Å². The summed E-state index contributed by atoms with van der Waals surface area (Å²) in [6, 6.07) is 11.0. The topological polar surface area (TPSA) is 85.9 Å². The highest BCUT2D eigenvalue weighted by Gasteiger charge is 2.16. The third-order valence-electron chi connectivity index (χ3n) is 3.20. The molecular formula is C15H12ClN5O2. The molecule has 3 aromatic rings. The molecule has 8 heteroatoms. The highest BCUT2D eigenvalue weighted by atomic mass is 35.5. The number of benzene rings is 1. The Morgan fingerprint density at radius 3 is 2.78 bits per heavy atom. The van der Waals surface area contributed by atoms with Gasteiger partial charge in [0.25, 0.3) is 0 Å². The summed E-state index contributed by atoms with van der Waals surface area (Å²) in [6.45, 7) is 0.289. The molecule has 0 saturated heterocycles. The van der Waals surface area contributed by atoms with Crippen LogP contribution in [-0.2, 0) is 6.54 Å². The molecule has 0 aliphatic heterocycles. The number of anilines is 1. The van der Waals surface area contributed by atoms with Gasteiger partial charge in [-0.2, -0.15) is 0 Å². The van der Waals surface area contributed by atoms with Gasteiger partial charge in [0, 0.05) is 30.3 Å². The van der Waals surface area contributed by atoms with Crippen LogP contribution in [0.1, 0.15) is 5.82 Å². The van der Waals surface area contributed by atoms with Crippen LogP contribution in [-0.4, -0.2) is 19.5 Å². The van der Waals surface area contributed by atoms with Crippen LogP contribution < -0.4 is 5.32 Å². The van der Waals surface area contributed by atoms with Crippen molar-refractivity contribution in [2.24, 2.45) is 0 Å². The van der Waals surface area contributed by atoms with Gasteiger partial charge in [-0.05, 0) is 12.1 Å². The molecule has 1 N–H and O–H groups in total. The van der Waals surface area contributed by atoms with E-state index in [-0.39, 0.29) is 23.1 Å². The van der Waals surface area contributed by atoms with Gasteiger partial charge in [0.05, 0.1) is 16.5 Å². The fourth-order valence-electron chi connectivity index (χ4n) is 2.16. The van der Waals surface area contributed by atoms with Crippen molar-refractivity contribution in [3.05, 3.63) is 76.0 Å². The quantitative estimate of drug-likeness (QED) is 0.572. The van der Waals surface area contributed by atoms with E-state index < -0.39 is 4.92 Å². The molecule has 0 aliphatic carbocycles. The van der Waals surface area contributed by atoms with E-state index in [1.807, 2.05) is 41.1 Å². The maximum absolute atomic E-state index is 11.1. The average molecular weight is 330 g/mol. The number of para-hydroxylation sites is 1. The average Bonchev–Trinajstić information content (AvgIpc) is 3.03. The molecule has 23 heavy (non-hydrogen) atoms. The number of nitro groups is 1. The molecule has 0 radical (unpaired) electrons. The van der Waals surface area contributed by atoms with E-state index in [1.165, 1.54) is 12.3 Å². The van der Waals surface area contributed by atoms with Crippen molar-refractivity contribution in [3.63, 3.8) is 0 Å². The first-order valence-electron chi connectivity index (χ1n) is 6.76. The predicted molar refractivity (Wildman–Crippen MR) is 86.8 cm³/mol. The molecule has 0 fully saturated rings. The van der Waals surface area contributed by atoms with Gasteiger partial charge in [-0.1, -0.05) is 29.8 Å². The summed E-state index contributed by atoms with van der Waals surface area (Å²) >= 11 is 5.75. The molecule has 1 aromatic carbocycles. The number of halogens is 1. The molecule has 2 aromatic heterocycles. The highest BCUT2D eigenvalue weighted by molar-refractivity contribution is 6.30. The Bertz CT molecular complexity index is 835. The number of rotatable bonds is 5. The largest absolute Gasteiger partial charge is 0.357 e. The van der Waals surface area contributed by atoms with E-state index >= 15 is 0 Å². The van der Waals surface area contributed by atoms with Gasteiger partial charge in [0.15, 0.2) is 0 Å². The summed E-state index contributed by atoms with van der Waals surface area (Å²) in [5.74, 6) is 0.865. The Morgan fingerprint density at radius 1 is 1.26 bits per heavy atom. The van der Waals surface area contributed by atoms with Crippen molar-refractivity contribution < 1.29 is 4.92 Å². The lowest BCUT2D eigenvalue weighted by molar-refractivity contribution is -0.384. The summed E-state index contributed by atoms with van der Waals surface area (Å²) in [6.07, 6.45) is 4.87. The van der Waals surface area contributed by atoms with E-state index in [1.54, 1.807) is 6.20 Å². The van der Waals surface area contributed by atoms with Crippen molar-refractivity contribution in [1.29, 1.82) is 0 Å². The molecule has 0 bridgehead atoms. The maximum atomic E-state index is 11.1. The van der Waals surface area contributed by atoms with Gasteiger partial charge in [-0.25, -0.2) is 9.97 Å². The van der Waals surface area contributed by atoms with Crippen LogP contribution in [0.2, 0.25) is 5.02 Å². The minimum Gasteiger partial charge on any atom is -0.357 e. The summed E-state index contributed by atoms with van der Waals surface area (Å²) in [5, 5.41) is 14.2. The fourth-order valence-corrected chi connectivity index (χ4v) is 2.31. The first-order chi connectivity index (χ1) is 11.1. The van der Waals surface area contributed by atoms with E-state index in [0.717, 1.165) is 5.69 Å². The predicted octanol–water partition coefficient (Wildman–Crippen LogP) is 3.44. The third-order valence-corrected chi connectivity index (χ3v) is 3.40. The van der Waals surface area contributed by atoms with Crippen LogP contribution in [0.3, 0.4) is 0 Å². The van der Waals surface area contributed by atoms with Gasteiger partial charge in [0.1, 0.15) is 5.82 Å². The van der Waals surface area contributed by atoms with E-state index in [4.69, 9.17) is 11.6 Å². The lowest BCUT2D eigenvalue weighted by Crippen LogP contribution is -2.09. The van der Waals surface area contributed by atoms with Gasteiger partial charge in [0.2, 0.25) is 5.82 Å². The van der Waals surface area contributed by atoms with Crippen LogP contribution >= 0.6 is 11.6 Å². The lowest BCUT2D eigenvalue weighted by Gasteiger charge is -2.09. The molecule has 0 saturated carbocycles. The second kappa shape index (κ2) is 6.45.